The van der Waals surface area contributed by atoms with Crippen molar-refractivity contribution in [1.29, 1.82) is 0 Å². The minimum atomic E-state index is -5.09. The molecule has 14 heteroatoms. The predicted octanol–water partition coefficient (Wildman–Crippen LogP) is 4.32. The number of anilines is 1. The second-order valence-corrected chi connectivity index (χ2v) is 9.82. The van der Waals surface area contributed by atoms with Gasteiger partial charge in [-0.25, -0.2) is 4.79 Å². The largest absolute Gasteiger partial charge is 0.492 e. The van der Waals surface area contributed by atoms with Gasteiger partial charge in [-0.3, -0.25) is 0 Å². The van der Waals surface area contributed by atoms with Crippen molar-refractivity contribution in [3.63, 3.8) is 0 Å². The lowest BCUT2D eigenvalue weighted by Crippen LogP contribution is -2.31. The first-order chi connectivity index (χ1) is 17.8. The quantitative estimate of drug-likeness (QED) is 0.394. The Hall–Kier alpha value is -3.94. The summed E-state index contributed by atoms with van der Waals surface area (Å²) in [5.41, 5.74) is -3.92. The molecule has 2 aliphatic rings. The fourth-order valence-electron chi connectivity index (χ4n) is 4.05. The lowest BCUT2D eigenvalue weighted by molar-refractivity contribution is -0.143. The maximum atomic E-state index is 13.9. The lowest BCUT2D eigenvalue weighted by atomic mass is 9.94. The summed E-state index contributed by atoms with van der Waals surface area (Å²) in [6.07, 6.45) is -8.51. The van der Waals surface area contributed by atoms with Gasteiger partial charge in [0, 0.05) is 12.0 Å². The van der Waals surface area contributed by atoms with E-state index in [9.17, 15) is 41.4 Å². The summed E-state index contributed by atoms with van der Waals surface area (Å²) in [7, 11) is 0. The highest BCUT2D eigenvalue weighted by Gasteiger charge is 2.51. The number of nitrogens with zero attached hydrogens (tertiary/aromatic N) is 3. The topological polar surface area (TPSA) is 107 Å². The molecule has 0 bridgehead atoms. The van der Waals surface area contributed by atoms with Crippen molar-refractivity contribution in [1.82, 2.24) is 4.98 Å². The normalized spacial score (nSPS) is 16.6. The molecule has 0 saturated heterocycles. The second kappa shape index (κ2) is 8.82. The van der Waals surface area contributed by atoms with E-state index in [1.807, 2.05) is 0 Å². The molecule has 5 rings (SSSR count). The molecule has 0 spiro atoms. The molecule has 0 amide bonds. The molecule has 0 unspecified atom stereocenters. The number of carboxylic acid groups (broad SMARTS) is 1. The molecule has 0 atom stereocenters. The number of rotatable bonds is 6. The number of aromatic hydroxyl groups is 1. The van der Waals surface area contributed by atoms with Crippen molar-refractivity contribution >= 4 is 34.2 Å². The number of aromatic nitrogens is 1. The van der Waals surface area contributed by atoms with E-state index in [2.05, 4.69) is 20.5 Å². The predicted molar refractivity (Wildman–Crippen MR) is 124 cm³/mol. The Morgan fingerprint density at radius 2 is 1.79 bits per heavy atom. The van der Waals surface area contributed by atoms with Gasteiger partial charge in [0.05, 0.1) is 27.6 Å². The van der Waals surface area contributed by atoms with E-state index in [1.54, 1.807) is 12.1 Å². The molecule has 1 fully saturated rings. The molecule has 1 aromatic heterocycles. The summed E-state index contributed by atoms with van der Waals surface area (Å²) in [6.45, 7) is 0. The third kappa shape index (κ3) is 4.83. The van der Waals surface area contributed by atoms with Gasteiger partial charge in [-0.15, -0.1) is 0 Å². The first-order valence-corrected chi connectivity index (χ1v) is 11.8. The first-order valence-electron chi connectivity index (χ1n) is 11.0. The number of hydrogen-bond acceptors (Lipinski definition) is 7. The molecule has 2 aromatic carbocycles. The highest BCUT2D eigenvalue weighted by atomic mass is 32.1. The number of hydrogen-bond donors (Lipinski definition) is 3. The van der Waals surface area contributed by atoms with Gasteiger partial charge < -0.3 is 15.5 Å². The van der Waals surface area contributed by atoms with Crippen LogP contribution in [0.5, 0.6) is 5.88 Å². The molecule has 198 valence electrons. The van der Waals surface area contributed by atoms with Crippen LogP contribution in [-0.2, 0) is 23.6 Å². The Bertz CT molecular complexity index is 1610. The molecule has 0 radical (unpaired) electrons. The standard InChI is InChI=1S/C24H16F6N4O3S/c25-23(26,27)14-3-1-12(16(9-14)24(28,29)30)8-15(11-2-4-17-13(7-11)10-31-34-17)18-19(35)32-21(38-18)33-22(5-6-22)20(36)37/h1-4,7,9-10,35H,5-6,8H2,(H,32,33)(H,36,37). The molecule has 3 aromatic rings. The number of thiazole rings is 1. The maximum absolute atomic E-state index is 13.9. The van der Waals surface area contributed by atoms with Crippen LogP contribution in [-0.4, -0.2) is 32.9 Å². The highest BCUT2D eigenvalue weighted by Crippen LogP contribution is 2.44. The zero-order chi connectivity index (χ0) is 27.5. The molecule has 1 saturated carbocycles. The van der Waals surface area contributed by atoms with Crippen LogP contribution < -0.4 is 15.9 Å². The zero-order valence-electron chi connectivity index (χ0n) is 19.0. The molecular formula is C24H16F6N4O3S. The van der Waals surface area contributed by atoms with Crippen LogP contribution in [0.2, 0.25) is 0 Å². The van der Waals surface area contributed by atoms with Gasteiger partial charge in [0.1, 0.15) is 5.54 Å². The van der Waals surface area contributed by atoms with Gasteiger partial charge in [0.2, 0.25) is 5.88 Å². The Balaban J connectivity index is 1.66. The van der Waals surface area contributed by atoms with Crippen molar-refractivity contribution in [3.05, 3.63) is 74.1 Å². The molecule has 38 heavy (non-hydrogen) atoms. The third-order valence-corrected chi connectivity index (χ3v) is 7.26. The van der Waals surface area contributed by atoms with E-state index in [0.29, 0.717) is 35.0 Å². The average molecular weight is 554 g/mol. The third-order valence-electron chi connectivity index (χ3n) is 6.24. The van der Waals surface area contributed by atoms with Crippen LogP contribution in [0.1, 0.15) is 40.0 Å². The highest BCUT2D eigenvalue weighted by molar-refractivity contribution is 7.17. The fraction of sp³-hybridized carbons (Fsp3) is 0.250. The van der Waals surface area contributed by atoms with Crippen LogP contribution in [0.25, 0.3) is 5.57 Å². The summed E-state index contributed by atoms with van der Waals surface area (Å²) in [5, 5.41) is 31.4. The summed E-state index contributed by atoms with van der Waals surface area (Å²) >= 11 is 0.829. The SMILES string of the molecule is O=C(O)C1(Nc2nc(O)c(C(Cc3ccc(C(F)(F)F)cc3C(F)(F)F)=c3ccc4c(c3)C=NN=4)s2)CC1. The van der Waals surface area contributed by atoms with E-state index in [-0.39, 0.29) is 21.6 Å². The minimum Gasteiger partial charge on any atom is -0.492 e. The summed E-state index contributed by atoms with van der Waals surface area (Å²) in [6, 6.07) is 6.07. The fourth-order valence-corrected chi connectivity index (χ4v) is 5.07. The van der Waals surface area contributed by atoms with Crippen molar-refractivity contribution in [2.75, 3.05) is 5.32 Å². The molecule has 3 N–H and O–H groups in total. The summed E-state index contributed by atoms with van der Waals surface area (Å²) in [5.74, 6) is -1.67. The van der Waals surface area contributed by atoms with Crippen molar-refractivity contribution in [3.8, 4) is 5.88 Å². The first kappa shape index (κ1) is 25.7. The molecule has 1 aliphatic carbocycles. The molecule has 1 aliphatic heterocycles. The van der Waals surface area contributed by atoms with Crippen molar-refractivity contribution in [2.24, 2.45) is 10.2 Å². The van der Waals surface area contributed by atoms with E-state index in [4.69, 9.17) is 0 Å². The van der Waals surface area contributed by atoms with Crippen LogP contribution in [0.4, 0.5) is 31.5 Å². The van der Waals surface area contributed by atoms with Crippen LogP contribution in [0, 0.1) is 0 Å². The number of halogens is 6. The Morgan fingerprint density at radius 1 is 1.05 bits per heavy atom. The number of carboxylic acids is 1. The van der Waals surface area contributed by atoms with E-state index in [0.717, 1.165) is 17.4 Å². The van der Waals surface area contributed by atoms with Crippen LogP contribution >= 0.6 is 11.3 Å². The number of alkyl halides is 6. The van der Waals surface area contributed by atoms with Gasteiger partial charge in [0.15, 0.2) is 5.13 Å². The lowest BCUT2D eigenvalue weighted by Gasteiger charge is -2.17. The van der Waals surface area contributed by atoms with Crippen LogP contribution in [0.3, 0.4) is 0 Å². The molecular weight excluding hydrogens is 538 g/mol. The Morgan fingerprint density at radius 3 is 2.42 bits per heavy atom. The number of carbonyl (C=O) groups is 1. The van der Waals surface area contributed by atoms with Gasteiger partial charge in [0.25, 0.3) is 0 Å². The summed E-state index contributed by atoms with van der Waals surface area (Å²) in [4.78, 5) is 15.5. The van der Waals surface area contributed by atoms with Gasteiger partial charge in [-0.05, 0) is 53.5 Å². The van der Waals surface area contributed by atoms with Crippen LogP contribution in [0.15, 0.2) is 46.6 Å². The van der Waals surface area contributed by atoms with Gasteiger partial charge >= 0.3 is 18.3 Å². The number of aliphatic carboxylic acids is 1. The van der Waals surface area contributed by atoms with Crippen molar-refractivity contribution < 1.29 is 41.4 Å². The summed E-state index contributed by atoms with van der Waals surface area (Å²) < 4.78 is 81.2. The zero-order valence-corrected chi connectivity index (χ0v) is 19.8. The smallest absolute Gasteiger partial charge is 0.416 e. The van der Waals surface area contributed by atoms with Gasteiger partial charge in [-0.1, -0.05) is 23.5 Å². The number of fused-ring (bicyclic) bond motifs is 1. The number of nitrogens with one attached hydrogen (secondary N) is 1. The molecule has 2 heterocycles. The Kier molecular flexibility index (Phi) is 5.97. The maximum Gasteiger partial charge on any atom is 0.416 e. The van der Waals surface area contributed by atoms with E-state index < -0.39 is 52.9 Å². The Labute approximate surface area is 213 Å². The number of benzene rings is 2. The average Bonchev–Trinajstić information content (AvgIpc) is 3.31. The molecule has 7 nitrogen and oxygen atoms in total. The van der Waals surface area contributed by atoms with Crippen molar-refractivity contribution in [2.45, 2.75) is 37.2 Å². The minimum absolute atomic E-state index is 0.0357. The van der Waals surface area contributed by atoms with Gasteiger partial charge in [-0.2, -0.15) is 41.5 Å². The van der Waals surface area contributed by atoms with E-state index in [1.165, 1.54) is 12.3 Å². The monoisotopic (exact) mass is 554 g/mol. The second-order valence-electron chi connectivity index (χ2n) is 8.82. The van der Waals surface area contributed by atoms with E-state index >= 15 is 0 Å².